The highest BCUT2D eigenvalue weighted by atomic mass is 19.2. The van der Waals surface area contributed by atoms with Crippen LogP contribution in [0.3, 0.4) is 0 Å². The molecule has 2 aromatic rings. The van der Waals surface area contributed by atoms with E-state index < -0.39 is 17.6 Å². The standard InChI is InChI=1S/C29H35F3O4/c1-3-35-17-21-5-4-20(16-26(21)30)18-6-12-23(13-7-18)36-29(33)25-15-14-24(27(31)28(25)32)19-8-10-22(34-2)11-9-19/h4-5,14-16,18-19,22-23H,3,6-13,17H2,1-2H3. The lowest BCUT2D eigenvalue weighted by Gasteiger charge is -2.29. The first-order valence-corrected chi connectivity index (χ1v) is 13.0. The van der Waals surface area contributed by atoms with Crippen molar-refractivity contribution in [3.63, 3.8) is 0 Å². The number of halogens is 3. The van der Waals surface area contributed by atoms with E-state index in [0.29, 0.717) is 30.6 Å². The van der Waals surface area contributed by atoms with Crippen LogP contribution in [0.1, 0.15) is 97.2 Å². The lowest BCUT2D eigenvalue weighted by Crippen LogP contribution is -2.25. The second kappa shape index (κ2) is 12.2. The summed E-state index contributed by atoms with van der Waals surface area (Å²) in [6, 6.07) is 8.11. The molecule has 0 radical (unpaired) electrons. The number of carbonyl (C=O) groups is 1. The molecule has 0 N–H and O–H groups in total. The van der Waals surface area contributed by atoms with Crippen LogP contribution >= 0.6 is 0 Å². The van der Waals surface area contributed by atoms with Gasteiger partial charge in [0, 0.05) is 19.3 Å². The van der Waals surface area contributed by atoms with Gasteiger partial charge in [-0.3, -0.25) is 0 Å². The Balaban J connectivity index is 1.33. The van der Waals surface area contributed by atoms with Crippen molar-refractivity contribution in [2.45, 2.75) is 88.9 Å². The number of hydrogen-bond donors (Lipinski definition) is 0. The van der Waals surface area contributed by atoms with Crippen molar-refractivity contribution in [2.75, 3.05) is 13.7 Å². The van der Waals surface area contributed by atoms with Crippen LogP contribution in [0.5, 0.6) is 0 Å². The van der Waals surface area contributed by atoms with Crippen LogP contribution in [0.2, 0.25) is 0 Å². The number of benzene rings is 2. The largest absolute Gasteiger partial charge is 0.459 e. The smallest absolute Gasteiger partial charge is 0.341 e. The van der Waals surface area contributed by atoms with Gasteiger partial charge in [0.25, 0.3) is 0 Å². The van der Waals surface area contributed by atoms with E-state index in [1.807, 2.05) is 13.0 Å². The molecule has 2 aliphatic carbocycles. The highest BCUT2D eigenvalue weighted by Gasteiger charge is 2.30. The van der Waals surface area contributed by atoms with Gasteiger partial charge in [-0.1, -0.05) is 18.2 Å². The summed E-state index contributed by atoms with van der Waals surface area (Å²) < 4.78 is 60.3. The molecule has 196 valence electrons. The van der Waals surface area contributed by atoms with Gasteiger partial charge in [-0.05, 0) is 93.4 Å². The predicted molar refractivity (Wildman–Crippen MR) is 131 cm³/mol. The minimum Gasteiger partial charge on any atom is -0.459 e. The summed E-state index contributed by atoms with van der Waals surface area (Å²) in [5.41, 5.74) is 1.40. The van der Waals surface area contributed by atoms with Gasteiger partial charge >= 0.3 is 5.97 Å². The molecule has 7 heteroatoms. The number of esters is 1. The Morgan fingerprint density at radius 2 is 1.53 bits per heavy atom. The molecule has 2 saturated carbocycles. The number of ether oxygens (including phenoxy) is 3. The molecule has 0 saturated heterocycles. The summed E-state index contributed by atoms with van der Waals surface area (Å²) in [6.07, 6.45) is 5.47. The number of carbonyl (C=O) groups excluding carboxylic acids is 1. The Morgan fingerprint density at radius 1 is 0.861 bits per heavy atom. The maximum Gasteiger partial charge on any atom is 0.341 e. The van der Waals surface area contributed by atoms with E-state index in [9.17, 15) is 18.0 Å². The minimum absolute atomic E-state index is 0.0793. The number of hydrogen-bond acceptors (Lipinski definition) is 4. The Bertz CT molecular complexity index is 1040. The van der Waals surface area contributed by atoms with E-state index in [2.05, 4.69) is 0 Å². The van der Waals surface area contributed by atoms with Crippen molar-refractivity contribution in [1.82, 2.24) is 0 Å². The number of methoxy groups -OCH3 is 1. The molecule has 2 aliphatic rings. The summed E-state index contributed by atoms with van der Waals surface area (Å²) in [5.74, 6) is -3.12. The minimum atomic E-state index is -1.14. The molecule has 2 fully saturated rings. The van der Waals surface area contributed by atoms with Crippen molar-refractivity contribution < 1.29 is 32.2 Å². The fourth-order valence-corrected chi connectivity index (χ4v) is 5.52. The Hall–Kier alpha value is -2.38. The molecule has 0 bridgehead atoms. The molecule has 0 amide bonds. The SMILES string of the molecule is CCOCc1ccc(C2CCC(OC(=O)c3ccc(C4CCC(OC)CC4)c(F)c3F)CC2)cc1F. The fourth-order valence-electron chi connectivity index (χ4n) is 5.52. The topological polar surface area (TPSA) is 44.8 Å². The van der Waals surface area contributed by atoms with Crippen molar-refractivity contribution >= 4 is 5.97 Å². The van der Waals surface area contributed by atoms with Gasteiger partial charge in [-0.25, -0.2) is 18.0 Å². The summed E-state index contributed by atoms with van der Waals surface area (Å²) >= 11 is 0. The van der Waals surface area contributed by atoms with Crippen molar-refractivity contribution in [2.24, 2.45) is 0 Å². The molecule has 4 rings (SSSR count). The third kappa shape index (κ3) is 6.12. The van der Waals surface area contributed by atoms with E-state index in [1.165, 1.54) is 12.1 Å². The van der Waals surface area contributed by atoms with Gasteiger partial charge in [0.15, 0.2) is 11.6 Å². The second-order valence-corrected chi connectivity index (χ2v) is 9.91. The molecule has 2 aromatic carbocycles. The van der Waals surface area contributed by atoms with E-state index in [1.54, 1.807) is 19.2 Å². The zero-order valence-corrected chi connectivity index (χ0v) is 21.0. The van der Waals surface area contributed by atoms with Gasteiger partial charge in [-0.2, -0.15) is 0 Å². The van der Waals surface area contributed by atoms with Crippen LogP contribution in [0.25, 0.3) is 0 Å². The third-order valence-electron chi connectivity index (χ3n) is 7.74. The lowest BCUT2D eigenvalue weighted by molar-refractivity contribution is 0.0189. The molecule has 0 aliphatic heterocycles. The van der Waals surface area contributed by atoms with E-state index in [-0.39, 0.29) is 42.0 Å². The number of rotatable bonds is 8. The normalized spacial score (nSPS) is 24.5. The fraction of sp³-hybridized carbons (Fsp3) is 0.552. The molecule has 0 heterocycles. The van der Waals surface area contributed by atoms with Gasteiger partial charge in [0.1, 0.15) is 11.9 Å². The van der Waals surface area contributed by atoms with Crippen molar-refractivity contribution in [3.05, 3.63) is 70.0 Å². The van der Waals surface area contributed by atoms with Gasteiger partial charge < -0.3 is 14.2 Å². The highest BCUT2D eigenvalue weighted by molar-refractivity contribution is 5.90. The molecule has 0 spiro atoms. The molecular weight excluding hydrogens is 469 g/mol. The van der Waals surface area contributed by atoms with Crippen LogP contribution in [-0.4, -0.2) is 31.9 Å². The second-order valence-electron chi connectivity index (χ2n) is 9.91. The van der Waals surface area contributed by atoms with Gasteiger partial charge in [0.2, 0.25) is 0 Å². The monoisotopic (exact) mass is 504 g/mol. The van der Waals surface area contributed by atoms with E-state index in [0.717, 1.165) is 44.1 Å². The third-order valence-corrected chi connectivity index (χ3v) is 7.74. The quantitative estimate of drug-likeness (QED) is 0.357. The van der Waals surface area contributed by atoms with Crippen molar-refractivity contribution in [3.8, 4) is 0 Å². The molecule has 4 nitrogen and oxygen atoms in total. The van der Waals surface area contributed by atoms with E-state index in [4.69, 9.17) is 14.2 Å². The zero-order valence-electron chi connectivity index (χ0n) is 21.0. The summed E-state index contributed by atoms with van der Waals surface area (Å²) in [4.78, 5) is 12.7. The summed E-state index contributed by atoms with van der Waals surface area (Å²) in [7, 11) is 1.67. The lowest BCUT2D eigenvalue weighted by atomic mass is 9.82. The average Bonchev–Trinajstić information content (AvgIpc) is 2.90. The van der Waals surface area contributed by atoms with Crippen LogP contribution in [-0.2, 0) is 20.8 Å². The molecule has 0 atom stereocenters. The maximum absolute atomic E-state index is 14.9. The Kier molecular flexibility index (Phi) is 9.07. The van der Waals surface area contributed by atoms with Crippen LogP contribution in [0.4, 0.5) is 13.2 Å². The first-order valence-electron chi connectivity index (χ1n) is 13.0. The Labute approximate surface area is 211 Å². The maximum atomic E-state index is 14.9. The van der Waals surface area contributed by atoms with Gasteiger partial charge in [0.05, 0.1) is 18.3 Å². The molecule has 0 unspecified atom stereocenters. The first kappa shape index (κ1) is 26.7. The summed E-state index contributed by atoms with van der Waals surface area (Å²) in [5, 5.41) is 0. The van der Waals surface area contributed by atoms with Crippen LogP contribution in [0.15, 0.2) is 30.3 Å². The zero-order chi connectivity index (χ0) is 25.7. The molecular formula is C29H35F3O4. The average molecular weight is 505 g/mol. The van der Waals surface area contributed by atoms with Crippen LogP contribution in [0, 0.1) is 17.5 Å². The highest BCUT2D eigenvalue weighted by Crippen LogP contribution is 2.37. The first-order chi connectivity index (χ1) is 17.4. The van der Waals surface area contributed by atoms with Gasteiger partial charge in [-0.15, -0.1) is 0 Å². The predicted octanol–water partition coefficient (Wildman–Crippen LogP) is 7.20. The van der Waals surface area contributed by atoms with Crippen molar-refractivity contribution in [1.29, 1.82) is 0 Å². The molecule has 0 aromatic heterocycles. The Morgan fingerprint density at radius 3 is 2.17 bits per heavy atom. The summed E-state index contributed by atoms with van der Waals surface area (Å²) in [6.45, 7) is 2.64. The van der Waals surface area contributed by atoms with Crippen LogP contribution < -0.4 is 0 Å². The molecule has 36 heavy (non-hydrogen) atoms. The van der Waals surface area contributed by atoms with E-state index >= 15 is 0 Å².